The van der Waals surface area contributed by atoms with Crippen molar-refractivity contribution in [3.8, 4) is 0 Å². The van der Waals surface area contributed by atoms with E-state index in [0.29, 0.717) is 13.2 Å². The van der Waals surface area contributed by atoms with Gasteiger partial charge in [0.2, 0.25) is 0 Å². The van der Waals surface area contributed by atoms with Gasteiger partial charge in [0.15, 0.2) is 0 Å². The molecule has 1 atom stereocenters. The van der Waals surface area contributed by atoms with Crippen molar-refractivity contribution in [2.45, 2.75) is 70.1 Å². The Labute approximate surface area is 139 Å². The van der Waals surface area contributed by atoms with Crippen molar-refractivity contribution in [1.82, 2.24) is 10.2 Å². The second-order valence-electron chi connectivity index (χ2n) is 7.78. The summed E-state index contributed by atoms with van der Waals surface area (Å²) in [5.74, 6) is 0. The number of nitrogens with one attached hydrogen (secondary N) is 1. The van der Waals surface area contributed by atoms with Crippen LogP contribution in [0.3, 0.4) is 0 Å². The lowest BCUT2D eigenvalue weighted by atomic mass is 9.86. The molecule has 2 N–H and O–H groups in total. The smallest absolute Gasteiger partial charge is 0.408 e. The second-order valence-corrected chi connectivity index (χ2v) is 7.78. The molecule has 0 bridgehead atoms. The normalized spacial score (nSPS) is 25.3. The molecule has 23 heavy (non-hydrogen) atoms. The molecular formula is C17H32N2O4. The highest BCUT2D eigenvalue weighted by Crippen LogP contribution is 2.27. The minimum atomic E-state index is -0.493. The molecule has 0 radical (unpaired) electrons. The Hall–Kier alpha value is -0.850. The van der Waals surface area contributed by atoms with Gasteiger partial charge in [-0.1, -0.05) is 0 Å². The van der Waals surface area contributed by atoms with E-state index < -0.39 is 5.60 Å². The highest BCUT2D eigenvalue weighted by atomic mass is 16.6. The standard InChI is InChI=1S/C17H32N2O4/c1-16(2,3)23-15(21)18-17(7-11-22-12-8-17)6-10-19-9-4-5-14(19)13-20/h14,20H,4-13H2,1-3H3,(H,18,21). The maximum absolute atomic E-state index is 12.2. The van der Waals surface area contributed by atoms with E-state index in [1.54, 1.807) is 0 Å². The predicted octanol–water partition coefficient (Wildman–Crippen LogP) is 1.91. The summed E-state index contributed by atoms with van der Waals surface area (Å²) in [5.41, 5.74) is -0.753. The van der Waals surface area contributed by atoms with Gasteiger partial charge < -0.3 is 19.9 Å². The van der Waals surface area contributed by atoms with Crippen LogP contribution in [-0.4, -0.2) is 66.2 Å². The van der Waals surface area contributed by atoms with E-state index in [1.165, 1.54) is 0 Å². The number of aliphatic hydroxyl groups excluding tert-OH is 1. The van der Waals surface area contributed by atoms with Gasteiger partial charge in [0, 0.05) is 31.3 Å². The van der Waals surface area contributed by atoms with Crippen LogP contribution in [0, 0.1) is 0 Å². The molecule has 1 unspecified atom stereocenters. The van der Waals surface area contributed by atoms with Crippen LogP contribution in [0.2, 0.25) is 0 Å². The molecule has 2 fully saturated rings. The molecule has 2 aliphatic heterocycles. The number of likely N-dealkylation sites (tertiary alicyclic amines) is 1. The van der Waals surface area contributed by atoms with Crippen LogP contribution in [-0.2, 0) is 9.47 Å². The van der Waals surface area contributed by atoms with Gasteiger partial charge in [-0.2, -0.15) is 0 Å². The molecular weight excluding hydrogens is 296 g/mol. The fourth-order valence-corrected chi connectivity index (χ4v) is 3.47. The first kappa shape index (κ1) is 18.5. The van der Waals surface area contributed by atoms with Crippen molar-refractivity contribution in [2.24, 2.45) is 0 Å². The van der Waals surface area contributed by atoms with Gasteiger partial charge in [0.05, 0.1) is 6.61 Å². The third-order valence-corrected chi connectivity index (χ3v) is 4.80. The highest BCUT2D eigenvalue weighted by molar-refractivity contribution is 5.68. The van der Waals surface area contributed by atoms with Crippen molar-refractivity contribution in [1.29, 1.82) is 0 Å². The summed E-state index contributed by atoms with van der Waals surface area (Å²) < 4.78 is 10.9. The number of nitrogens with zero attached hydrogens (tertiary/aromatic N) is 1. The van der Waals surface area contributed by atoms with Crippen LogP contribution >= 0.6 is 0 Å². The molecule has 0 aromatic rings. The number of hydrogen-bond acceptors (Lipinski definition) is 5. The van der Waals surface area contributed by atoms with Crippen LogP contribution in [0.15, 0.2) is 0 Å². The van der Waals surface area contributed by atoms with E-state index in [0.717, 1.165) is 45.2 Å². The molecule has 0 aliphatic carbocycles. The molecule has 6 nitrogen and oxygen atoms in total. The topological polar surface area (TPSA) is 71.0 Å². The quantitative estimate of drug-likeness (QED) is 0.807. The van der Waals surface area contributed by atoms with Crippen LogP contribution in [0.5, 0.6) is 0 Å². The number of alkyl carbamates (subject to hydrolysis) is 1. The number of amides is 1. The Morgan fingerprint density at radius 2 is 2.09 bits per heavy atom. The lowest BCUT2D eigenvalue weighted by molar-refractivity contribution is 0.0107. The van der Waals surface area contributed by atoms with E-state index in [9.17, 15) is 9.90 Å². The summed E-state index contributed by atoms with van der Waals surface area (Å²) >= 11 is 0. The van der Waals surface area contributed by atoms with Gasteiger partial charge in [-0.3, -0.25) is 4.90 Å². The number of ether oxygens (including phenoxy) is 2. The zero-order chi connectivity index (χ0) is 16.9. The van der Waals surface area contributed by atoms with Gasteiger partial charge in [-0.25, -0.2) is 4.79 Å². The monoisotopic (exact) mass is 328 g/mol. The fraction of sp³-hybridized carbons (Fsp3) is 0.941. The van der Waals surface area contributed by atoms with E-state index in [1.807, 2.05) is 20.8 Å². The fourth-order valence-electron chi connectivity index (χ4n) is 3.47. The number of hydrogen-bond donors (Lipinski definition) is 2. The first-order valence-corrected chi connectivity index (χ1v) is 8.77. The molecule has 2 rings (SSSR count). The van der Waals surface area contributed by atoms with Crippen LogP contribution in [0.25, 0.3) is 0 Å². The third-order valence-electron chi connectivity index (χ3n) is 4.80. The average molecular weight is 328 g/mol. The summed E-state index contributed by atoms with van der Waals surface area (Å²) in [5, 5.41) is 12.6. The van der Waals surface area contributed by atoms with Gasteiger partial charge in [0.1, 0.15) is 5.60 Å². The predicted molar refractivity (Wildman–Crippen MR) is 88.5 cm³/mol. The number of aliphatic hydroxyl groups is 1. The molecule has 2 saturated heterocycles. The minimum Gasteiger partial charge on any atom is -0.444 e. The van der Waals surface area contributed by atoms with E-state index in [-0.39, 0.29) is 24.3 Å². The Morgan fingerprint density at radius 1 is 1.39 bits per heavy atom. The summed E-state index contributed by atoms with van der Waals surface area (Å²) in [4.78, 5) is 14.6. The van der Waals surface area contributed by atoms with Gasteiger partial charge in [-0.05, 0) is 59.4 Å². The number of rotatable bonds is 5. The van der Waals surface area contributed by atoms with Gasteiger partial charge in [0.25, 0.3) is 0 Å². The average Bonchev–Trinajstić information content (AvgIpc) is 2.91. The Bertz CT molecular complexity index is 389. The Kier molecular flexibility index (Phi) is 6.28. The SMILES string of the molecule is CC(C)(C)OC(=O)NC1(CCN2CCCC2CO)CCOCC1. The first-order chi connectivity index (χ1) is 10.8. The van der Waals surface area contributed by atoms with Gasteiger partial charge in [-0.15, -0.1) is 0 Å². The largest absolute Gasteiger partial charge is 0.444 e. The molecule has 2 heterocycles. The zero-order valence-corrected chi connectivity index (χ0v) is 14.8. The zero-order valence-electron chi connectivity index (χ0n) is 14.8. The molecule has 0 aromatic heterocycles. The molecule has 134 valence electrons. The lowest BCUT2D eigenvalue weighted by Gasteiger charge is -2.40. The summed E-state index contributed by atoms with van der Waals surface area (Å²) in [7, 11) is 0. The molecule has 2 aliphatic rings. The van der Waals surface area contributed by atoms with Crippen molar-refractivity contribution < 1.29 is 19.4 Å². The van der Waals surface area contributed by atoms with Crippen LogP contribution in [0.4, 0.5) is 4.79 Å². The molecule has 0 saturated carbocycles. The lowest BCUT2D eigenvalue weighted by Crippen LogP contribution is -2.54. The summed E-state index contributed by atoms with van der Waals surface area (Å²) in [6.45, 7) is 9.09. The van der Waals surface area contributed by atoms with Crippen LogP contribution < -0.4 is 5.32 Å². The van der Waals surface area contributed by atoms with Crippen LogP contribution in [0.1, 0.15) is 52.9 Å². The minimum absolute atomic E-state index is 0.218. The van der Waals surface area contributed by atoms with Crippen molar-refractivity contribution >= 4 is 6.09 Å². The molecule has 0 aromatic carbocycles. The van der Waals surface area contributed by atoms with E-state index >= 15 is 0 Å². The molecule has 6 heteroatoms. The van der Waals surface area contributed by atoms with Gasteiger partial charge >= 0.3 is 6.09 Å². The number of carbonyl (C=O) groups is 1. The molecule has 1 amide bonds. The highest BCUT2D eigenvalue weighted by Gasteiger charge is 2.36. The number of carbonyl (C=O) groups excluding carboxylic acids is 1. The van der Waals surface area contributed by atoms with E-state index in [2.05, 4.69) is 10.2 Å². The first-order valence-electron chi connectivity index (χ1n) is 8.77. The second kappa shape index (κ2) is 7.81. The maximum Gasteiger partial charge on any atom is 0.408 e. The Morgan fingerprint density at radius 3 is 2.70 bits per heavy atom. The maximum atomic E-state index is 12.2. The van der Waals surface area contributed by atoms with Crippen molar-refractivity contribution in [3.63, 3.8) is 0 Å². The molecule has 0 spiro atoms. The van der Waals surface area contributed by atoms with Crippen molar-refractivity contribution in [3.05, 3.63) is 0 Å². The van der Waals surface area contributed by atoms with Crippen molar-refractivity contribution in [2.75, 3.05) is 32.9 Å². The third kappa shape index (κ3) is 5.62. The summed E-state index contributed by atoms with van der Waals surface area (Å²) in [6.07, 6.45) is 4.34. The summed E-state index contributed by atoms with van der Waals surface area (Å²) in [6, 6.07) is 0.272. The Balaban J connectivity index is 1.94. The van der Waals surface area contributed by atoms with E-state index in [4.69, 9.17) is 9.47 Å².